The number of rotatable bonds is 6. The smallest absolute Gasteiger partial charge is 0.257 e. The number of hydrogen-bond acceptors (Lipinski definition) is 3. The second-order valence-corrected chi connectivity index (χ2v) is 7.89. The second kappa shape index (κ2) is 10.3. The van der Waals surface area contributed by atoms with E-state index < -0.39 is 0 Å². The van der Waals surface area contributed by atoms with Crippen LogP contribution in [0.15, 0.2) is 72.8 Å². The Balaban J connectivity index is 1.34. The molecule has 0 atom stereocenters. The van der Waals surface area contributed by atoms with Crippen LogP contribution in [0.2, 0.25) is 0 Å². The second-order valence-electron chi connectivity index (χ2n) is 7.89. The maximum atomic E-state index is 13.1. The molecular weight excluding hydrogens is 426 g/mol. The first kappa shape index (κ1) is 22.5. The lowest BCUT2D eigenvalue weighted by Crippen LogP contribution is -2.51. The van der Waals surface area contributed by atoms with Gasteiger partial charge in [-0.05, 0) is 47.5 Å². The molecule has 1 heterocycles. The number of piperazine rings is 1. The molecule has 1 fully saturated rings. The molecular formula is C26H24F2N2O3. The van der Waals surface area contributed by atoms with Gasteiger partial charge in [0.15, 0.2) is 0 Å². The number of carbonyl (C=O) groups is 2. The third kappa shape index (κ3) is 5.74. The molecule has 1 aliphatic rings. The minimum atomic E-state index is -0.333. The van der Waals surface area contributed by atoms with E-state index in [0.717, 1.165) is 11.1 Å². The van der Waals surface area contributed by atoms with Gasteiger partial charge in [0.1, 0.15) is 24.0 Å². The SMILES string of the molecule is O=C(Cc1ccc(F)cc1)N1CCN(C(=O)c2ccccc2OCc2ccc(F)cc2)CC1. The number of ether oxygens (including phenoxy) is 1. The van der Waals surface area contributed by atoms with E-state index in [1.807, 2.05) is 0 Å². The summed E-state index contributed by atoms with van der Waals surface area (Å²) >= 11 is 0. The Morgan fingerprint density at radius 3 is 1.91 bits per heavy atom. The predicted octanol–water partition coefficient (Wildman–Crippen LogP) is 4.07. The summed E-state index contributed by atoms with van der Waals surface area (Å²) < 4.78 is 32.0. The molecule has 3 aromatic carbocycles. The Morgan fingerprint density at radius 1 is 0.727 bits per heavy atom. The molecule has 0 saturated carbocycles. The first-order valence-electron chi connectivity index (χ1n) is 10.8. The van der Waals surface area contributed by atoms with E-state index in [1.165, 1.54) is 24.3 Å². The number of halogens is 2. The largest absolute Gasteiger partial charge is 0.488 e. The zero-order chi connectivity index (χ0) is 23.2. The van der Waals surface area contributed by atoms with Gasteiger partial charge in [-0.25, -0.2) is 8.78 Å². The first-order chi connectivity index (χ1) is 16.0. The fourth-order valence-electron chi connectivity index (χ4n) is 3.73. The van der Waals surface area contributed by atoms with Gasteiger partial charge in [-0.2, -0.15) is 0 Å². The molecule has 0 aliphatic carbocycles. The van der Waals surface area contributed by atoms with Crippen LogP contribution >= 0.6 is 0 Å². The van der Waals surface area contributed by atoms with Crippen molar-refractivity contribution in [2.45, 2.75) is 13.0 Å². The zero-order valence-corrected chi connectivity index (χ0v) is 18.0. The highest BCUT2D eigenvalue weighted by Gasteiger charge is 2.26. The molecule has 0 N–H and O–H groups in total. The van der Waals surface area contributed by atoms with Gasteiger partial charge in [0.25, 0.3) is 5.91 Å². The van der Waals surface area contributed by atoms with Gasteiger partial charge in [-0.3, -0.25) is 9.59 Å². The van der Waals surface area contributed by atoms with Gasteiger partial charge >= 0.3 is 0 Å². The van der Waals surface area contributed by atoms with Crippen molar-refractivity contribution in [3.63, 3.8) is 0 Å². The van der Waals surface area contributed by atoms with Crippen LogP contribution < -0.4 is 4.74 Å². The van der Waals surface area contributed by atoms with E-state index in [1.54, 1.807) is 58.3 Å². The quantitative estimate of drug-likeness (QED) is 0.569. The van der Waals surface area contributed by atoms with Crippen LogP contribution in [0.1, 0.15) is 21.5 Å². The molecule has 33 heavy (non-hydrogen) atoms. The molecule has 4 rings (SSSR count). The number of para-hydroxylation sites is 1. The fourth-order valence-corrected chi connectivity index (χ4v) is 3.73. The summed E-state index contributed by atoms with van der Waals surface area (Å²) in [7, 11) is 0. The molecule has 0 aromatic heterocycles. The summed E-state index contributed by atoms with van der Waals surface area (Å²) in [6, 6.07) is 18.9. The maximum absolute atomic E-state index is 13.1. The summed E-state index contributed by atoms with van der Waals surface area (Å²) in [6.45, 7) is 1.92. The minimum absolute atomic E-state index is 0.0447. The molecule has 2 amide bonds. The van der Waals surface area contributed by atoms with E-state index in [-0.39, 0.29) is 36.5 Å². The Hall–Kier alpha value is -3.74. The molecule has 170 valence electrons. The average molecular weight is 450 g/mol. The Labute approximate surface area is 191 Å². The highest BCUT2D eigenvalue weighted by molar-refractivity contribution is 5.97. The van der Waals surface area contributed by atoms with Gasteiger partial charge < -0.3 is 14.5 Å². The van der Waals surface area contributed by atoms with E-state index in [0.29, 0.717) is 37.5 Å². The summed E-state index contributed by atoms with van der Waals surface area (Å²) in [5.74, 6) is -0.390. The zero-order valence-electron chi connectivity index (χ0n) is 18.0. The monoisotopic (exact) mass is 450 g/mol. The maximum Gasteiger partial charge on any atom is 0.257 e. The van der Waals surface area contributed by atoms with Crippen molar-refractivity contribution < 1.29 is 23.1 Å². The van der Waals surface area contributed by atoms with Gasteiger partial charge in [0.05, 0.1) is 12.0 Å². The van der Waals surface area contributed by atoms with Crippen molar-refractivity contribution in [3.8, 4) is 5.75 Å². The van der Waals surface area contributed by atoms with Crippen LogP contribution in [0.5, 0.6) is 5.75 Å². The van der Waals surface area contributed by atoms with Crippen molar-refractivity contribution in [1.82, 2.24) is 9.80 Å². The van der Waals surface area contributed by atoms with Crippen LogP contribution in [-0.2, 0) is 17.8 Å². The molecule has 0 spiro atoms. The van der Waals surface area contributed by atoms with Crippen molar-refractivity contribution >= 4 is 11.8 Å². The molecule has 3 aromatic rings. The molecule has 5 nitrogen and oxygen atoms in total. The summed E-state index contributed by atoms with van der Waals surface area (Å²) in [5, 5.41) is 0. The average Bonchev–Trinajstić information content (AvgIpc) is 2.85. The van der Waals surface area contributed by atoms with Crippen molar-refractivity contribution in [3.05, 3.63) is 101 Å². The Bertz CT molecular complexity index is 1110. The number of hydrogen-bond donors (Lipinski definition) is 0. The van der Waals surface area contributed by atoms with Crippen molar-refractivity contribution in [1.29, 1.82) is 0 Å². The minimum Gasteiger partial charge on any atom is -0.488 e. The Kier molecular flexibility index (Phi) is 6.98. The molecule has 0 radical (unpaired) electrons. The first-order valence-corrected chi connectivity index (χ1v) is 10.8. The highest BCUT2D eigenvalue weighted by Crippen LogP contribution is 2.22. The predicted molar refractivity (Wildman–Crippen MR) is 120 cm³/mol. The van der Waals surface area contributed by atoms with Gasteiger partial charge in [-0.15, -0.1) is 0 Å². The lowest BCUT2D eigenvalue weighted by molar-refractivity contribution is -0.131. The third-order valence-electron chi connectivity index (χ3n) is 5.61. The highest BCUT2D eigenvalue weighted by atomic mass is 19.1. The van der Waals surface area contributed by atoms with Gasteiger partial charge in [0.2, 0.25) is 5.91 Å². The van der Waals surface area contributed by atoms with E-state index in [9.17, 15) is 18.4 Å². The van der Waals surface area contributed by atoms with Crippen molar-refractivity contribution in [2.24, 2.45) is 0 Å². The summed E-state index contributed by atoms with van der Waals surface area (Å²) in [5.41, 5.74) is 2.00. The number of amides is 2. The number of benzene rings is 3. The van der Waals surface area contributed by atoms with Crippen LogP contribution in [0, 0.1) is 11.6 Å². The lowest BCUT2D eigenvalue weighted by Gasteiger charge is -2.35. The fraction of sp³-hybridized carbons (Fsp3) is 0.231. The normalized spacial score (nSPS) is 13.6. The molecule has 0 unspecified atom stereocenters. The third-order valence-corrected chi connectivity index (χ3v) is 5.61. The number of nitrogens with zero attached hydrogens (tertiary/aromatic N) is 2. The standard InChI is InChI=1S/C26H24F2N2O3/c27-21-9-5-19(6-10-21)17-25(31)29-13-15-30(16-14-29)26(32)23-3-1-2-4-24(23)33-18-20-7-11-22(28)12-8-20/h1-12H,13-18H2. The van der Waals surface area contributed by atoms with Crippen molar-refractivity contribution in [2.75, 3.05) is 26.2 Å². The van der Waals surface area contributed by atoms with E-state index in [4.69, 9.17) is 4.74 Å². The van der Waals surface area contributed by atoms with E-state index >= 15 is 0 Å². The van der Waals surface area contributed by atoms with Crippen LogP contribution in [-0.4, -0.2) is 47.8 Å². The van der Waals surface area contributed by atoms with Crippen LogP contribution in [0.25, 0.3) is 0 Å². The summed E-state index contributed by atoms with van der Waals surface area (Å²) in [6.07, 6.45) is 0.203. The molecule has 7 heteroatoms. The lowest BCUT2D eigenvalue weighted by atomic mass is 10.1. The van der Waals surface area contributed by atoms with Crippen LogP contribution in [0.3, 0.4) is 0 Å². The molecule has 0 bridgehead atoms. The molecule has 1 aliphatic heterocycles. The molecule has 1 saturated heterocycles. The van der Waals surface area contributed by atoms with Crippen LogP contribution in [0.4, 0.5) is 8.78 Å². The Morgan fingerprint density at radius 2 is 1.27 bits per heavy atom. The van der Waals surface area contributed by atoms with E-state index in [2.05, 4.69) is 0 Å². The number of carbonyl (C=O) groups excluding carboxylic acids is 2. The topological polar surface area (TPSA) is 49.9 Å². The van der Waals surface area contributed by atoms with Gasteiger partial charge in [-0.1, -0.05) is 36.4 Å². The van der Waals surface area contributed by atoms with Gasteiger partial charge in [0, 0.05) is 26.2 Å². The summed E-state index contributed by atoms with van der Waals surface area (Å²) in [4.78, 5) is 29.1.